The monoisotopic (exact) mass is 432 g/mol. The average Bonchev–Trinajstić information content (AvgIpc) is 3.42. The van der Waals surface area contributed by atoms with E-state index in [0.717, 1.165) is 51.4 Å². The van der Waals surface area contributed by atoms with Gasteiger partial charge in [-0.15, -0.1) is 11.8 Å². The van der Waals surface area contributed by atoms with Crippen LogP contribution in [0.15, 0.2) is 29.2 Å². The van der Waals surface area contributed by atoms with Crippen LogP contribution in [0.2, 0.25) is 0 Å². The fourth-order valence-corrected chi connectivity index (χ4v) is 5.03. The quantitative estimate of drug-likeness (QED) is 0.482. The molecule has 0 bridgehead atoms. The number of benzene rings is 1. The molecule has 0 unspecified atom stereocenters. The summed E-state index contributed by atoms with van der Waals surface area (Å²) in [6.45, 7) is 3.43. The number of esters is 1. The molecular formula is C23H32N2O4S. The zero-order valence-electron chi connectivity index (χ0n) is 17.8. The topological polar surface area (TPSA) is 84.5 Å². The summed E-state index contributed by atoms with van der Waals surface area (Å²) in [5.74, 6) is -0.820. The molecule has 0 radical (unpaired) electrons. The van der Waals surface area contributed by atoms with E-state index < -0.39 is 12.1 Å². The van der Waals surface area contributed by atoms with E-state index in [1.54, 1.807) is 19.1 Å². The van der Waals surface area contributed by atoms with E-state index in [1.165, 1.54) is 11.8 Å². The van der Waals surface area contributed by atoms with Gasteiger partial charge in [0.2, 0.25) is 5.91 Å². The molecule has 2 aliphatic carbocycles. The lowest BCUT2D eigenvalue weighted by Crippen LogP contribution is -2.41. The molecule has 6 nitrogen and oxygen atoms in total. The van der Waals surface area contributed by atoms with Crippen molar-refractivity contribution in [3.05, 3.63) is 29.8 Å². The molecule has 3 rings (SSSR count). The summed E-state index contributed by atoms with van der Waals surface area (Å²) in [7, 11) is 0. The summed E-state index contributed by atoms with van der Waals surface area (Å²) in [5, 5.41) is 5.73. The molecule has 0 aliphatic heterocycles. The van der Waals surface area contributed by atoms with E-state index in [0.29, 0.717) is 10.5 Å². The van der Waals surface area contributed by atoms with E-state index in [-0.39, 0.29) is 29.1 Å². The molecule has 2 saturated carbocycles. The van der Waals surface area contributed by atoms with Gasteiger partial charge in [-0.2, -0.15) is 0 Å². The molecule has 2 N–H and O–H groups in total. The second-order valence-electron chi connectivity index (χ2n) is 8.28. The Hall–Kier alpha value is -2.02. The second-order valence-corrected chi connectivity index (χ2v) is 9.67. The van der Waals surface area contributed by atoms with Gasteiger partial charge < -0.3 is 15.4 Å². The number of amides is 2. The molecule has 1 aromatic carbocycles. The summed E-state index contributed by atoms with van der Waals surface area (Å²) < 4.78 is 5.43. The minimum Gasteiger partial charge on any atom is -0.449 e. The molecule has 2 atom stereocenters. The Morgan fingerprint density at radius 2 is 1.43 bits per heavy atom. The first-order valence-corrected chi connectivity index (χ1v) is 11.9. The Balaban J connectivity index is 1.57. The molecular weight excluding hydrogens is 400 g/mol. The maximum Gasteiger partial charge on any atom is 0.340 e. The molecule has 2 fully saturated rings. The first-order chi connectivity index (χ1) is 14.4. The predicted molar refractivity (Wildman–Crippen MR) is 117 cm³/mol. The van der Waals surface area contributed by atoms with Crippen LogP contribution in [-0.2, 0) is 14.3 Å². The van der Waals surface area contributed by atoms with Gasteiger partial charge in [0.25, 0.3) is 5.91 Å². The summed E-state index contributed by atoms with van der Waals surface area (Å²) in [6.07, 6.45) is 7.73. The lowest BCUT2D eigenvalue weighted by atomic mass is 10.2. The Labute approximate surface area is 182 Å². The lowest BCUT2D eigenvalue weighted by molar-refractivity contribution is -0.129. The highest BCUT2D eigenvalue weighted by Crippen LogP contribution is 2.28. The highest BCUT2D eigenvalue weighted by molar-refractivity contribution is 8.00. The smallest absolute Gasteiger partial charge is 0.340 e. The van der Waals surface area contributed by atoms with E-state index >= 15 is 0 Å². The van der Waals surface area contributed by atoms with E-state index in [4.69, 9.17) is 4.74 Å². The first-order valence-electron chi connectivity index (χ1n) is 11.0. The average molecular weight is 433 g/mol. The van der Waals surface area contributed by atoms with Crippen molar-refractivity contribution in [2.45, 2.75) is 93.5 Å². The van der Waals surface area contributed by atoms with E-state index in [2.05, 4.69) is 10.6 Å². The van der Waals surface area contributed by atoms with Crippen LogP contribution in [0.3, 0.4) is 0 Å². The second kappa shape index (κ2) is 10.8. The maximum absolute atomic E-state index is 12.7. The zero-order chi connectivity index (χ0) is 21.5. The number of carbonyl (C=O) groups excluding carboxylic acids is 3. The van der Waals surface area contributed by atoms with Crippen molar-refractivity contribution in [3.63, 3.8) is 0 Å². The third-order valence-corrected chi connectivity index (χ3v) is 7.01. The molecule has 0 spiro atoms. The van der Waals surface area contributed by atoms with E-state index in [9.17, 15) is 14.4 Å². The van der Waals surface area contributed by atoms with E-state index in [1.807, 2.05) is 19.1 Å². The van der Waals surface area contributed by atoms with Crippen LogP contribution in [0.25, 0.3) is 0 Å². The number of ether oxygens (including phenoxy) is 1. The van der Waals surface area contributed by atoms with Gasteiger partial charge in [-0.25, -0.2) is 4.79 Å². The molecule has 0 saturated heterocycles. The van der Waals surface area contributed by atoms with Crippen molar-refractivity contribution in [2.75, 3.05) is 0 Å². The number of carbonyl (C=O) groups is 3. The summed E-state index contributed by atoms with van der Waals surface area (Å²) >= 11 is 1.34. The number of hydrogen-bond acceptors (Lipinski definition) is 5. The Morgan fingerprint density at radius 1 is 0.900 bits per heavy atom. The van der Waals surface area contributed by atoms with Gasteiger partial charge >= 0.3 is 5.97 Å². The molecule has 1 aromatic rings. The van der Waals surface area contributed by atoms with Gasteiger partial charge in [-0.1, -0.05) is 37.8 Å². The van der Waals surface area contributed by atoms with Gasteiger partial charge in [0, 0.05) is 17.0 Å². The van der Waals surface area contributed by atoms with Crippen LogP contribution in [-0.4, -0.2) is 41.2 Å². The van der Waals surface area contributed by atoms with Crippen molar-refractivity contribution < 1.29 is 19.1 Å². The summed E-state index contributed by atoms with van der Waals surface area (Å²) in [6, 6.07) is 7.52. The van der Waals surface area contributed by atoms with Crippen LogP contribution in [0.5, 0.6) is 0 Å². The van der Waals surface area contributed by atoms with Crippen LogP contribution >= 0.6 is 11.8 Å². The van der Waals surface area contributed by atoms with Crippen molar-refractivity contribution >= 4 is 29.5 Å². The van der Waals surface area contributed by atoms with Crippen LogP contribution in [0.4, 0.5) is 0 Å². The molecule has 0 aromatic heterocycles. The lowest BCUT2D eigenvalue weighted by Gasteiger charge is -2.19. The molecule has 0 heterocycles. The minimum absolute atomic E-state index is 0.0145. The van der Waals surface area contributed by atoms with Crippen LogP contribution < -0.4 is 10.6 Å². The molecule has 7 heteroatoms. The fraction of sp³-hybridized carbons (Fsp3) is 0.609. The molecule has 2 aliphatic rings. The van der Waals surface area contributed by atoms with Crippen molar-refractivity contribution in [1.82, 2.24) is 10.6 Å². The Bertz CT molecular complexity index is 757. The summed E-state index contributed by atoms with van der Waals surface area (Å²) in [5.41, 5.74) is 0.378. The predicted octanol–water partition coefficient (Wildman–Crippen LogP) is 3.83. The SMILES string of the molecule is C[C@H](OC(=O)c1ccccc1S[C@H](C)C(=O)NC1CCCC1)C(=O)NC1CCCC1. The van der Waals surface area contributed by atoms with Gasteiger partial charge in [-0.3, -0.25) is 9.59 Å². The first kappa shape index (κ1) is 22.7. The van der Waals surface area contributed by atoms with Gasteiger partial charge in [0.15, 0.2) is 6.10 Å². The minimum atomic E-state index is -0.862. The highest BCUT2D eigenvalue weighted by Gasteiger charge is 2.26. The highest BCUT2D eigenvalue weighted by atomic mass is 32.2. The third kappa shape index (κ3) is 6.24. The van der Waals surface area contributed by atoms with Crippen molar-refractivity contribution in [1.29, 1.82) is 0 Å². The molecule has 164 valence electrons. The number of rotatable bonds is 8. The number of hydrogen-bond donors (Lipinski definition) is 2. The van der Waals surface area contributed by atoms with Crippen molar-refractivity contribution in [2.24, 2.45) is 0 Å². The maximum atomic E-state index is 12.7. The summed E-state index contributed by atoms with van der Waals surface area (Å²) in [4.78, 5) is 38.3. The van der Waals surface area contributed by atoms with Gasteiger partial charge in [-0.05, 0) is 51.7 Å². The molecule has 30 heavy (non-hydrogen) atoms. The largest absolute Gasteiger partial charge is 0.449 e. The van der Waals surface area contributed by atoms with Crippen LogP contribution in [0, 0.1) is 0 Å². The molecule has 2 amide bonds. The number of nitrogens with one attached hydrogen (secondary N) is 2. The van der Waals surface area contributed by atoms with Crippen LogP contribution in [0.1, 0.15) is 75.6 Å². The third-order valence-electron chi connectivity index (χ3n) is 5.84. The zero-order valence-corrected chi connectivity index (χ0v) is 18.6. The van der Waals surface area contributed by atoms with Gasteiger partial charge in [0.05, 0.1) is 10.8 Å². The van der Waals surface area contributed by atoms with Crippen molar-refractivity contribution in [3.8, 4) is 0 Å². The Kier molecular flexibility index (Phi) is 8.19. The fourth-order valence-electron chi connectivity index (χ4n) is 4.04. The number of thioether (sulfide) groups is 1. The standard InChI is InChI=1S/C23H32N2O4S/c1-15(21(26)24-17-9-3-4-10-17)29-23(28)19-13-7-8-14-20(19)30-16(2)22(27)25-18-11-5-6-12-18/h7-8,13-18H,3-6,9-12H2,1-2H3,(H,24,26)(H,25,27)/t15-,16+/m0/s1. The normalized spacial score (nSPS) is 19.3. The van der Waals surface area contributed by atoms with Gasteiger partial charge in [0.1, 0.15) is 0 Å². The Morgan fingerprint density at radius 3 is 2.03 bits per heavy atom.